The van der Waals surface area contributed by atoms with Crippen LogP contribution in [0.1, 0.15) is 40.7 Å². The number of allylic oxidation sites excluding steroid dienone is 1. The number of ketones is 1. The third-order valence-electron chi connectivity index (χ3n) is 6.30. The fourth-order valence-corrected chi connectivity index (χ4v) is 4.69. The molecule has 5 rings (SSSR count). The second-order valence-electron chi connectivity index (χ2n) is 8.14. The number of nitrogens with zero attached hydrogens (tertiary/aromatic N) is 1. The monoisotopic (exact) mass is 375 g/mol. The minimum absolute atomic E-state index is 0.153. The van der Waals surface area contributed by atoms with Gasteiger partial charge in [0.1, 0.15) is 12.4 Å². The van der Waals surface area contributed by atoms with Crippen LogP contribution in [0.25, 0.3) is 11.3 Å². The summed E-state index contributed by atoms with van der Waals surface area (Å²) in [6.45, 7) is 3.85. The van der Waals surface area contributed by atoms with Crippen molar-refractivity contribution in [2.24, 2.45) is 5.92 Å². The highest BCUT2D eigenvalue weighted by Crippen LogP contribution is 2.41. The summed E-state index contributed by atoms with van der Waals surface area (Å²) >= 11 is 0. The van der Waals surface area contributed by atoms with E-state index in [1.165, 1.54) is 11.1 Å². The smallest absolute Gasteiger partial charge is 0.171 e. The SMILES string of the molecule is O=C1Cc2ccccc2/C1=C1\OCc2cc(CN3CCC(CO)CC3)ccc21. The topological polar surface area (TPSA) is 49.8 Å². The number of hydrogen-bond donors (Lipinski definition) is 1. The predicted octanol–water partition coefficient (Wildman–Crippen LogP) is 3.41. The molecule has 2 heterocycles. The van der Waals surface area contributed by atoms with Crippen LogP contribution in [0.15, 0.2) is 42.5 Å². The Morgan fingerprint density at radius 3 is 2.68 bits per heavy atom. The number of Topliss-reactive ketones (excluding diaryl/α,β-unsaturated/α-hetero) is 1. The first-order valence-corrected chi connectivity index (χ1v) is 10.2. The molecule has 0 bridgehead atoms. The highest BCUT2D eigenvalue weighted by atomic mass is 16.5. The molecule has 2 aromatic carbocycles. The molecule has 2 aliphatic heterocycles. The number of benzene rings is 2. The Hall–Kier alpha value is -2.43. The molecule has 0 aromatic heterocycles. The van der Waals surface area contributed by atoms with Gasteiger partial charge in [0.05, 0.1) is 5.57 Å². The largest absolute Gasteiger partial charge is 0.487 e. The van der Waals surface area contributed by atoms with Crippen LogP contribution >= 0.6 is 0 Å². The maximum Gasteiger partial charge on any atom is 0.171 e. The van der Waals surface area contributed by atoms with Crippen molar-refractivity contribution in [3.63, 3.8) is 0 Å². The number of rotatable bonds is 3. The third-order valence-corrected chi connectivity index (χ3v) is 6.30. The van der Waals surface area contributed by atoms with E-state index < -0.39 is 0 Å². The molecule has 2 aromatic rings. The van der Waals surface area contributed by atoms with E-state index in [0.717, 1.165) is 60.5 Å². The number of fused-ring (bicyclic) bond motifs is 2. The average Bonchev–Trinajstić information content (AvgIpc) is 3.27. The van der Waals surface area contributed by atoms with Gasteiger partial charge in [0.15, 0.2) is 5.78 Å². The van der Waals surface area contributed by atoms with E-state index in [-0.39, 0.29) is 5.78 Å². The van der Waals surface area contributed by atoms with Crippen LogP contribution in [-0.4, -0.2) is 35.5 Å². The van der Waals surface area contributed by atoms with Gasteiger partial charge in [-0.15, -0.1) is 0 Å². The number of carbonyl (C=O) groups is 1. The van der Waals surface area contributed by atoms with Gasteiger partial charge in [0.2, 0.25) is 0 Å². The molecule has 0 radical (unpaired) electrons. The maximum atomic E-state index is 12.6. The van der Waals surface area contributed by atoms with Crippen LogP contribution in [0.4, 0.5) is 0 Å². The molecule has 1 saturated heterocycles. The zero-order chi connectivity index (χ0) is 19.1. The molecular weight excluding hydrogens is 350 g/mol. The van der Waals surface area contributed by atoms with E-state index in [1.54, 1.807) is 0 Å². The van der Waals surface area contributed by atoms with Crippen molar-refractivity contribution >= 4 is 17.1 Å². The molecule has 1 fully saturated rings. The first kappa shape index (κ1) is 17.7. The van der Waals surface area contributed by atoms with Gasteiger partial charge in [0.25, 0.3) is 0 Å². The van der Waals surface area contributed by atoms with E-state index in [1.807, 2.05) is 24.3 Å². The zero-order valence-electron chi connectivity index (χ0n) is 16.0. The predicted molar refractivity (Wildman–Crippen MR) is 108 cm³/mol. The summed E-state index contributed by atoms with van der Waals surface area (Å²) in [6.07, 6.45) is 2.61. The van der Waals surface area contributed by atoms with Crippen LogP contribution in [-0.2, 0) is 29.1 Å². The normalized spacial score (nSPS) is 22.2. The summed E-state index contributed by atoms with van der Waals surface area (Å²) in [5, 5.41) is 9.31. The van der Waals surface area contributed by atoms with Crippen molar-refractivity contribution in [1.82, 2.24) is 4.90 Å². The molecule has 28 heavy (non-hydrogen) atoms. The van der Waals surface area contributed by atoms with Crippen molar-refractivity contribution in [3.05, 3.63) is 70.3 Å². The number of hydrogen-bond acceptors (Lipinski definition) is 4. The van der Waals surface area contributed by atoms with E-state index in [2.05, 4.69) is 23.1 Å². The molecule has 0 unspecified atom stereocenters. The highest BCUT2D eigenvalue weighted by molar-refractivity contribution is 6.31. The fraction of sp³-hybridized carbons (Fsp3) is 0.375. The maximum absolute atomic E-state index is 12.6. The summed E-state index contributed by atoms with van der Waals surface area (Å²) in [5.74, 6) is 1.37. The van der Waals surface area contributed by atoms with Crippen molar-refractivity contribution < 1.29 is 14.6 Å². The zero-order valence-corrected chi connectivity index (χ0v) is 16.0. The van der Waals surface area contributed by atoms with Gasteiger partial charge < -0.3 is 9.84 Å². The number of aliphatic hydroxyl groups is 1. The molecule has 1 N–H and O–H groups in total. The molecule has 0 spiro atoms. The van der Waals surface area contributed by atoms with Crippen molar-refractivity contribution in [2.45, 2.75) is 32.4 Å². The molecule has 0 atom stereocenters. The number of piperidine rings is 1. The molecule has 4 heteroatoms. The van der Waals surface area contributed by atoms with E-state index >= 15 is 0 Å². The van der Waals surface area contributed by atoms with Gasteiger partial charge in [-0.25, -0.2) is 0 Å². The van der Waals surface area contributed by atoms with Gasteiger partial charge in [-0.2, -0.15) is 0 Å². The van der Waals surface area contributed by atoms with Gasteiger partial charge in [-0.1, -0.05) is 42.5 Å². The molecule has 4 nitrogen and oxygen atoms in total. The number of likely N-dealkylation sites (tertiary alicyclic amines) is 1. The number of aliphatic hydroxyl groups excluding tert-OH is 1. The average molecular weight is 375 g/mol. The van der Waals surface area contributed by atoms with E-state index in [0.29, 0.717) is 25.6 Å². The van der Waals surface area contributed by atoms with Gasteiger partial charge in [-0.05, 0) is 48.5 Å². The lowest BCUT2D eigenvalue weighted by atomic mass is 9.96. The Kier molecular flexibility index (Phi) is 4.53. The minimum atomic E-state index is 0.153. The lowest BCUT2D eigenvalue weighted by Crippen LogP contribution is -2.34. The van der Waals surface area contributed by atoms with Crippen LogP contribution in [0, 0.1) is 5.92 Å². The van der Waals surface area contributed by atoms with E-state index in [4.69, 9.17) is 4.74 Å². The second-order valence-corrected chi connectivity index (χ2v) is 8.14. The summed E-state index contributed by atoms with van der Waals surface area (Å²) in [6, 6.07) is 14.5. The Balaban J connectivity index is 1.40. The summed E-state index contributed by atoms with van der Waals surface area (Å²) in [7, 11) is 0. The van der Waals surface area contributed by atoms with Crippen LogP contribution in [0.3, 0.4) is 0 Å². The van der Waals surface area contributed by atoms with Crippen molar-refractivity contribution in [3.8, 4) is 0 Å². The third kappa shape index (κ3) is 3.07. The first-order valence-electron chi connectivity index (χ1n) is 10.2. The minimum Gasteiger partial charge on any atom is -0.487 e. The van der Waals surface area contributed by atoms with E-state index in [9.17, 15) is 9.90 Å². The molecule has 0 saturated carbocycles. The molecule has 0 amide bonds. The van der Waals surface area contributed by atoms with Crippen LogP contribution < -0.4 is 0 Å². The standard InChI is InChI=1S/C24H25NO3/c26-14-16-7-9-25(10-8-16)13-17-5-6-21-19(11-17)15-28-24(21)23-20-4-2-1-3-18(20)12-22(23)27/h1-6,11,16,26H,7-10,12-15H2/b24-23+. The lowest BCUT2D eigenvalue weighted by molar-refractivity contribution is -0.112. The van der Waals surface area contributed by atoms with Gasteiger partial charge >= 0.3 is 0 Å². The quantitative estimate of drug-likeness (QED) is 0.836. The highest BCUT2D eigenvalue weighted by Gasteiger charge is 2.32. The van der Waals surface area contributed by atoms with Crippen LogP contribution in [0.2, 0.25) is 0 Å². The summed E-state index contributed by atoms with van der Waals surface area (Å²) in [5.41, 5.74) is 6.37. The Labute approximate surface area is 165 Å². The second kappa shape index (κ2) is 7.19. The Morgan fingerprint density at radius 2 is 1.86 bits per heavy atom. The first-order chi connectivity index (χ1) is 13.7. The number of carbonyl (C=O) groups excluding carboxylic acids is 1. The van der Waals surface area contributed by atoms with Crippen molar-refractivity contribution in [1.29, 1.82) is 0 Å². The Bertz CT molecular complexity index is 954. The fourth-order valence-electron chi connectivity index (χ4n) is 4.69. The van der Waals surface area contributed by atoms with Crippen LogP contribution in [0.5, 0.6) is 0 Å². The molecular formula is C24H25NO3. The summed E-state index contributed by atoms with van der Waals surface area (Å²) < 4.78 is 6.03. The lowest BCUT2D eigenvalue weighted by Gasteiger charge is -2.31. The number of ether oxygens (including phenoxy) is 1. The molecule has 3 aliphatic rings. The molecule has 1 aliphatic carbocycles. The Morgan fingerprint density at radius 1 is 1.04 bits per heavy atom. The van der Waals surface area contributed by atoms with Gasteiger partial charge in [-0.3, -0.25) is 9.69 Å². The molecule has 144 valence electrons. The summed E-state index contributed by atoms with van der Waals surface area (Å²) in [4.78, 5) is 15.1. The van der Waals surface area contributed by atoms with Gasteiger partial charge in [0, 0.05) is 30.7 Å². The van der Waals surface area contributed by atoms with Crippen molar-refractivity contribution in [2.75, 3.05) is 19.7 Å².